The SMILES string of the molecule is O=C(Cc1cccc(O)c1)NCCC1=CCCCC1. The molecule has 2 N–H and O–H groups in total. The Morgan fingerprint density at radius 2 is 2.21 bits per heavy atom. The molecule has 3 nitrogen and oxygen atoms in total. The maximum Gasteiger partial charge on any atom is 0.224 e. The number of phenols is 1. The average molecular weight is 259 g/mol. The van der Waals surface area contributed by atoms with Crippen LogP contribution >= 0.6 is 0 Å². The molecule has 1 aliphatic rings. The third-order valence-electron chi connectivity index (χ3n) is 3.43. The van der Waals surface area contributed by atoms with E-state index in [1.165, 1.54) is 31.3 Å². The molecule has 1 aromatic rings. The number of hydrogen-bond donors (Lipinski definition) is 2. The number of aromatic hydroxyl groups is 1. The number of carbonyl (C=O) groups excluding carboxylic acids is 1. The molecule has 1 aliphatic carbocycles. The standard InChI is InChI=1S/C16H21NO2/c18-15-8-4-7-14(11-15)12-16(19)17-10-9-13-5-2-1-3-6-13/h4-5,7-8,11,18H,1-3,6,9-10,12H2,(H,17,19). The molecule has 1 aromatic carbocycles. The smallest absolute Gasteiger partial charge is 0.224 e. The van der Waals surface area contributed by atoms with E-state index in [1.807, 2.05) is 6.07 Å². The van der Waals surface area contributed by atoms with Crippen LogP contribution in [0, 0.1) is 0 Å². The van der Waals surface area contributed by atoms with E-state index in [-0.39, 0.29) is 11.7 Å². The summed E-state index contributed by atoms with van der Waals surface area (Å²) in [6.07, 6.45) is 8.55. The topological polar surface area (TPSA) is 49.3 Å². The van der Waals surface area contributed by atoms with Crippen LogP contribution in [0.3, 0.4) is 0 Å². The minimum absolute atomic E-state index is 0.0157. The van der Waals surface area contributed by atoms with Gasteiger partial charge in [-0.15, -0.1) is 0 Å². The van der Waals surface area contributed by atoms with Gasteiger partial charge in [0.1, 0.15) is 5.75 Å². The summed E-state index contributed by atoms with van der Waals surface area (Å²) in [6.45, 7) is 0.712. The molecule has 102 valence electrons. The minimum Gasteiger partial charge on any atom is -0.508 e. The van der Waals surface area contributed by atoms with Crippen molar-refractivity contribution in [1.29, 1.82) is 0 Å². The van der Waals surface area contributed by atoms with E-state index in [1.54, 1.807) is 18.2 Å². The first-order chi connectivity index (χ1) is 9.24. The van der Waals surface area contributed by atoms with Gasteiger partial charge in [0.15, 0.2) is 0 Å². The second kappa shape index (κ2) is 6.98. The first-order valence-corrected chi connectivity index (χ1v) is 6.96. The Balaban J connectivity index is 1.71. The van der Waals surface area contributed by atoms with Crippen molar-refractivity contribution in [3.05, 3.63) is 41.5 Å². The lowest BCUT2D eigenvalue weighted by atomic mass is 9.97. The van der Waals surface area contributed by atoms with Gasteiger partial charge in [0.25, 0.3) is 0 Å². The van der Waals surface area contributed by atoms with Gasteiger partial charge in [-0.3, -0.25) is 4.79 Å². The van der Waals surface area contributed by atoms with Gasteiger partial charge in [-0.1, -0.05) is 23.8 Å². The number of allylic oxidation sites excluding steroid dienone is 1. The molecular weight excluding hydrogens is 238 g/mol. The summed E-state index contributed by atoms with van der Waals surface area (Å²) in [5, 5.41) is 12.3. The van der Waals surface area contributed by atoms with E-state index in [9.17, 15) is 9.90 Å². The normalized spacial score (nSPS) is 14.8. The van der Waals surface area contributed by atoms with Gasteiger partial charge in [0.05, 0.1) is 6.42 Å². The van der Waals surface area contributed by atoms with E-state index in [0.717, 1.165) is 12.0 Å². The Labute approximate surface area is 114 Å². The lowest BCUT2D eigenvalue weighted by Crippen LogP contribution is -2.26. The lowest BCUT2D eigenvalue weighted by Gasteiger charge is -2.13. The van der Waals surface area contributed by atoms with Crippen LogP contribution in [0.4, 0.5) is 0 Å². The second-order valence-electron chi connectivity index (χ2n) is 5.05. The third kappa shape index (κ3) is 4.78. The van der Waals surface area contributed by atoms with Gasteiger partial charge >= 0.3 is 0 Å². The number of benzene rings is 1. The summed E-state index contributed by atoms with van der Waals surface area (Å²) in [7, 11) is 0. The van der Waals surface area contributed by atoms with Crippen molar-refractivity contribution in [2.75, 3.05) is 6.54 Å². The number of carbonyl (C=O) groups is 1. The van der Waals surface area contributed by atoms with Crippen LogP contribution in [0.1, 0.15) is 37.7 Å². The zero-order valence-corrected chi connectivity index (χ0v) is 11.2. The molecule has 3 heteroatoms. The average Bonchev–Trinajstić information content (AvgIpc) is 2.40. The van der Waals surface area contributed by atoms with Crippen LogP contribution in [0.25, 0.3) is 0 Å². The van der Waals surface area contributed by atoms with Crippen LogP contribution in [-0.2, 0) is 11.2 Å². The molecule has 1 amide bonds. The summed E-state index contributed by atoms with van der Waals surface area (Å²) in [6, 6.07) is 6.84. The van der Waals surface area contributed by atoms with Crippen molar-refractivity contribution in [2.24, 2.45) is 0 Å². The molecular formula is C16H21NO2. The monoisotopic (exact) mass is 259 g/mol. The first-order valence-electron chi connectivity index (χ1n) is 6.96. The molecule has 0 saturated carbocycles. The Morgan fingerprint density at radius 1 is 1.32 bits per heavy atom. The van der Waals surface area contributed by atoms with Gasteiger partial charge < -0.3 is 10.4 Å². The predicted octanol–water partition coefficient (Wildman–Crippen LogP) is 2.94. The molecule has 0 fully saturated rings. The predicted molar refractivity (Wildman–Crippen MR) is 76.0 cm³/mol. The number of phenolic OH excluding ortho intramolecular Hbond substituents is 1. The maximum absolute atomic E-state index is 11.8. The Morgan fingerprint density at radius 3 is 2.95 bits per heavy atom. The zero-order chi connectivity index (χ0) is 13.5. The molecule has 0 saturated heterocycles. The molecule has 2 rings (SSSR count). The molecule has 0 radical (unpaired) electrons. The quantitative estimate of drug-likeness (QED) is 0.799. The molecule has 0 aromatic heterocycles. The molecule has 0 unspecified atom stereocenters. The largest absolute Gasteiger partial charge is 0.508 e. The number of amides is 1. The molecule has 0 bridgehead atoms. The fraction of sp³-hybridized carbons (Fsp3) is 0.438. The van der Waals surface area contributed by atoms with Crippen molar-refractivity contribution < 1.29 is 9.90 Å². The highest BCUT2D eigenvalue weighted by atomic mass is 16.3. The van der Waals surface area contributed by atoms with E-state index >= 15 is 0 Å². The molecule has 0 atom stereocenters. The van der Waals surface area contributed by atoms with Crippen LogP contribution in [0.5, 0.6) is 5.75 Å². The number of nitrogens with one attached hydrogen (secondary N) is 1. The van der Waals surface area contributed by atoms with Crippen molar-refractivity contribution in [1.82, 2.24) is 5.32 Å². The molecule has 0 aliphatic heterocycles. The summed E-state index contributed by atoms with van der Waals surface area (Å²) < 4.78 is 0. The fourth-order valence-electron chi connectivity index (χ4n) is 2.41. The summed E-state index contributed by atoms with van der Waals surface area (Å²) in [5.41, 5.74) is 2.32. The summed E-state index contributed by atoms with van der Waals surface area (Å²) >= 11 is 0. The van der Waals surface area contributed by atoms with Gasteiger partial charge in [-0.05, 0) is 49.8 Å². The van der Waals surface area contributed by atoms with E-state index in [0.29, 0.717) is 13.0 Å². The van der Waals surface area contributed by atoms with Crippen molar-refractivity contribution in [3.8, 4) is 5.75 Å². The Bertz CT molecular complexity index is 466. The van der Waals surface area contributed by atoms with Crippen molar-refractivity contribution in [2.45, 2.75) is 38.5 Å². The van der Waals surface area contributed by atoms with E-state index in [2.05, 4.69) is 11.4 Å². The van der Waals surface area contributed by atoms with Gasteiger partial charge in [-0.25, -0.2) is 0 Å². The summed E-state index contributed by atoms with van der Waals surface area (Å²) in [5.74, 6) is 0.222. The van der Waals surface area contributed by atoms with Gasteiger partial charge in [0.2, 0.25) is 5.91 Å². The Hall–Kier alpha value is -1.77. The highest BCUT2D eigenvalue weighted by Crippen LogP contribution is 2.19. The summed E-state index contributed by atoms with van der Waals surface area (Å²) in [4.78, 5) is 11.8. The number of hydrogen-bond acceptors (Lipinski definition) is 2. The Kier molecular flexibility index (Phi) is 5.01. The fourth-order valence-corrected chi connectivity index (χ4v) is 2.41. The van der Waals surface area contributed by atoms with Crippen molar-refractivity contribution >= 4 is 5.91 Å². The van der Waals surface area contributed by atoms with Gasteiger partial charge in [0, 0.05) is 6.54 Å². The first kappa shape index (κ1) is 13.7. The highest BCUT2D eigenvalue weighted by molar-refractivity contribution is 5.78. The maximum atomic E-state index is 11.8. The second-order valence-corrected chi connectivity index (χ2v) is 5.05. The van der Waals surface area contributed by atoms with Crippen molar-refractivity contribution in [3.63, 3.8) is 0 Å². The lowest BCUT2D eigenvalue weighted by molar-refractivity contribution is -0.120. The van der Waals surface area contributed by atoms with E-state index < -0.39 is 0 Å². The van der Waals surface area contributed by atoms with Crippen LogP contribution < -0.4 is 5.32 Å². The third-order valence-corrected chi connectivity index (χ3v) is 3.43. The van der Waals surface area contributed by atoms with E-state index in [4.69, 9.17) is 0 Å². The van der Waals surface area contributed by atoms with Crippen LogP contribution in [0.2, 0.25) is 0 Å². The highest BCUT2D eigenvalue weighted by Gasteiger charge is 2.06. The molecule has 19 heavy (non-hydrogen) atoms. The minimum atomic E-state index is 0.0157. The van der Waals surface area contributed by atoms with Crippen LogP contribution in [0.15, 0.2) is 35.9 Å². The molecule has 0 spiro atoms. The zero-order valence-electron chi connectivity index (χ0n) is 11.2. The number of rotatable bonds is 5. The molecule has 0 heterocycles. The van der Waals surface area contributed by atoms with Gasteiger partial charge in [-0.2, -0.15) is 0 Å². The van der Waals surface area contributed by atoms with Crippen LogP contribution in [-0.4, -0.2) is 17.6 Å².